The SMILES string of the molecule is Br.Br.N=C(Nc1ccc2c(c1)CC(NCc1ccccc1)CC2)c1cccs1. The molecule has 0 spiro atoms. The van der Waals surface area contributed by atoms with Gasteiger partial charge in [-0.3, -0.25) is 5.41 Å². The molecule has 1 atom stereocenters. The van der Waals surface area contributed by atoms with E-state index in [2.05, 4.69) is 59.2 Å². The van der Waals surface area contributed by atoms with Gasteiger partial charge in [0.05, 0.1) is 4.88 Å². The highest BCUT2D eigenvalue weighted by Gasteiger charge is 2.18. The summed E-state index contributed by atoms with van der Waals surface area (Å²) in [5.74, 6) is 0.467. The number of hydrogen-bond donors (Lipinski definition) is 3. The number of fused-ring (bicyclic) bond motifs is 1. The molecule has 3 aromatic rings. The molecule has 28 heavy (non-hydrogen) atoms. The number of aryl methyl sites for hydroxylation is 1. The molecular weight excluding hydrogens is 498 g/mol. The van der Waals surface area contributed by atoms with Gasteiger partial charge in [-0.2, -0.15) is 0 Å². The molecule has 0 saturated heterocycles. The molecule has 0 aliphatic heterocycles. The zero-order valence-electron chi connectivity index (χ0n) is 15.5. The fraction of sp³-hybridized carbons (Fsp3) is 0.227. The maximum absolute atomic E-state index is 8.21. The topological polar surface area (TPSA) is 47.9 Å². The first-order valence-electron chi connectivity index (χ1n) is 9.06. The summed E-state index contributed by atoms with van der Waals surface area (Å²) in [6.07, 6.45) is 3.34. The van der Waals surface area contributed by atoms with Crippen molar-refractivity contribution in [3.05, 3.63) is 87.6 Å². The lowest BCUT2D eigenvalue weighted by atomic mass is 9.88. The third-order valence-electron chi connectivity index (χ3n) is 4.91. The molecule has 0 fully saturated rings. The van der Waals surface area contributed by atoms with E-state index in [4.69, 9.17) is 5.41 Å². The van der Waals surface area contributed by atoms with Gasteiger partial charge in [0.25, 0.3) is 0 Å². The van der Waals surface area contributed by atoms with Crippen molar-refractivity contribution in [3.8, 4) is 0 Å². The largest absolute Gasteiger partial charge is 0.340 e. The lowest BCUT2D eigenvalue weighted by Gasteiger charge is -2.26. The lowest BCUT2D eigenvalue weighted by Crippen LogP contribution is -2.34. The van der Waals surface area contributed by atoms with Gasteiger partial charge in [0.2, 0.25) is 0 Å². The van der Waals surface area contributed by atoms with E-state index in [1.807, 2.05) is 17.5 Å². The number of amidine groups is 1. The van der Waals surface area contributed by atoms with Crippen LogP contribution in [0, 0.1) is 5.41 Å². The Hall–Kier alpha value is -1.47. The third-order valence-corrected chi connectivity index (χ3v) is 5.80. The van der Waals surface area contributed by atoms with Gasteiger partial charge < -0.3 is 10.6 Å². The van der Waals surface area contributed by atoms with Gasteiger partial charge in [-0.1, -0.05) is 42.5 Å². The van der Waals surface area contributed by atoms with Crippen LogP contribution < -0.4 is 10.6 Å². The first kappa shape index (κ1) is 22.8. The van der Waals surface area contributed by atoms with Crippen molar-refractivity contribution in [2.45, 2.75) is 31.8 Å². The number of rotatable bonds is 5. The zero-order chi connectivity index (χ0) is 17.8. The second-order valence-electron chi connectivity index (χ2n) is 6.77. The maximum Gasteiger partial charge on any atom is 0.140 e. The monoisotopic (exact) mass is 521 g/mol. The number of thiophene rings is 1. The zero-order valence-corrected chi connectivity index (χ0v) is 19.7. The fourth-order valence-corrected chi connectivity index (χ4v) is 4.12. The highest BCUT2D eigenvalue weighted by molar-refractivity contribution is 8.93. The van der Waals surface area contributed by atoms with Crippen LogP contribution >= 0.6 is 45.3 Å². The smallest absolute Gasteiger partial charge is 0.140 e. The van der Waals surface area contributed by atoms with E-state index < -0.39 is 0 Å². The van der Waals surface area contributed by atoms with Gasteiger partial charge in [0.1, 0.15) is 5.84 Å². The van der Waals surface area contributed by atoms with Crippen molar-refractivity contribution >= 4 is 56.8 Å². The normalized spacial score (nSPS) is 14.9. The van der Waals surface area contributed by atoms with Crippen molar-refractivity contribution in [2.24, 2.45) is 0 Å². The first-order valence-corrected chi connectivity index (χ1v) is 9.94. The molecule has 148 valence electrons. The van der Waals surface area contributed by atoms with Crippen LogP contribution in [-0.4, -0.2) is 11.9 Å². The Bertz CT molecular complexity index is 882. The summed E-state index contributed by atoms with van der Waals surface area (Å²) in [4.78, 5) is 0.963. The van der Waals surface area contributed by atoms with E-state index in [9.17, 15) is 0 Å². The standard InChI is InChI=1S/C22H23N3S.2BrH/c23-22(21-7-4-12-26-21)25-20-11-9-17-8-10-19(13-18(17)14-20)24-15-16-5-2-1-3-6-16;;/h1-7,9,11-12,14,19,24H,8,10,13,15H2,(H2,23,25);2*1H. The molecule has 0 radical (unpaired) electrons. The van der Waals surface area contributed by atoms with Crippen LogP contribution in [0.3, 0.4) is 0 Å². The summed E-state index contributed by atoms with van der Waals surface area (Å²) in [6, 6.07) is 21.6. The molecular formula is C22H25Br2N3S. The number of nitrogens with one attached hydrogen (secondary N) is 3. The maximum atomic E-state index is 8.21. The molecule has 1 aromatic heterocycles. The Morgan fingerprint density at radius 2 is 1.82 bits per heavy atom. The molecule has 6 heteroatoms. The summed E-state index contributed by atoms with van der Waals surface area (Å²) in [6.45, 7) is 0.918. The summed E-state index contributed by atoms with van der Waals surface area (Å²) in [5, 5.41) is 17.2. The van der Waals surface area contributed by atoms with Gasteiger partial charge in [-0.25, -0.2) is 0 Å². The van der Waals surface area contributed by atoms with Crippen molar-refractivity contribution in [3.63, 3.8) is 0 Å². The van der Waals surface area contributed by atoms with Crippen LogP contribution in [0.4, 0.5) is 5.69 Å². The minimum absolute atomic E-state index is 0. The predicted octanol–water partition coefficient (Wildman–Crippen LogP) is 5.99. The summed E-state index contributed by atoms with van der Waals surface area (Å²) >= 11 is 1.59. The first-order chi connectivity index (χ1) is 12.8. The van der Waals surface area contributed by atoms with Crippen LogP contribution in [-0.2, 0) is 19.4 Å². The van der Waals surface area contributed by atoms with Gasteiger partial charge in [0, 0.05) is 18.3 Å². The highest BCUT2D eigenvalue weighted by Crippen LogP contribution is 2.25. The summed E-state index contributed by atoms with van der Waals surface area (Å²) < 4.78 is 0. The highest BCUT2D eigenvalue weighted by atomic mass is 79.9. The molecule has 0 saturated carbocycles. The Morgan fingerprint density at radius 1 is 1.00 bits per heavy atom. The fourth-order valence-electron chi connectivity index (χ4n) is 3.49. The van der Waals surface area contributed by atoms with Crippen LogP contribution in [0.1, 0.15) is 28.0 Å². The average Bonchev–Trinajstić information content (AvgIpc) is 3.22. The molecule has 0 bridgehead atoms. The van der Waals surface area contributed by atoms with Crippen molar-refractivity contribution in [1.29, 1.82) is 5.41 Å². The Labute approximate surface area is 191 Å². The number of halogens is 2. The van der Waals surface area contributed by atoms with E-state index in [1.165, 1.54) is 23.1 Å². The Balaban J connectivity index is 0.00000140. The average molecular weight is 523 g/mol. The van der Waals surface area contributed by atoms with Gasteiger partial charge in [-0.15, -0.1) is 45.3 Å². The molecule has 4 rings (SSSR count). The minimum Gasteiger partial charge on any atom is -0.340 e. The van der Waals surface area contributed by atoms with Crippen LogP contribution in [0.25, 0.3) is 0 Å². The van der Waals surface area contributed by atoms with Gasteiger partial charge >= 0.3 is 0 Å². The summed E-state index contributed by atoms with van der Waals surface area (Å²) in [7, 11) is 0. The van der Waals surface area contributed by atoms with E-state index in [-0.39, 0.29) is 34.0 Å². The molecule has 1 aliphatic carbocycles. The van der Waals surface area contributed by atoms with Crippen molar-refractivity contribution in [1.82, 2.24) is 5.32 Å². The van der Waals surface area contributed by atoms with E-state index >= 15 is 0 Å². The second kappa shape index (κ2) is 10.9. The van der Waals surface area contributed by atoms with Crippen LogP contribution in [0.5, 0.6) is 0 Å². The minimum atomic E-state index is 0. The van der Waals surface area contributed by atoms with Crippen LogP contribution in [0.15, 0.2) is 66.0 Å². The number of benzene rings is 2. The second-order valence-corrected chi connectivity index (χ2v) is 7.71. The lowest BCUT2D eigenvalue weighted by molar-refractivity contribution is 0.458. The number of anilines is 1. The van der Waals surface area contributed by atoms with E-state index in [0.29, 0.717) is 11.9 Å². The molecule has 2 aromatic carbocycles. The Morgan fingerprint density at radius 3 is 2.57 bits per heavy atom. The predicted molar refractivity (Wildman–Crippen MR) is 131 cm³/mol. The number of hydrogen-bond acceptors (Lipinski definition) is 3. The van der Waals surface area contributed by atoms with E-state index in [0.717, 1.165) is 30.0 Å². The van der Waals surface area contributed by atoms with Crippen molar-refractivity contribution in [2.75, 3.05) is 5.32 Å². The molecule has 1 aliphatic rings. The molecule has 1 unspecified atom stereocenters. The van der Waals surface area contributed by atoms with Crippen molar-refractivity contribution < 1.29 is 0 Å². The molecule has 3 N–H and O–H groups in total. The Kier molecular flexibility index (Phi) is 8.89. The van der Waals surface area contributed by atoms with Crippen LogP contribution in [0.2, 0.25) is 0 Å². The third kappa shape index (κ3) is 5.77. The van der Waals surface area contributed by atoms with E-state index in [1.54, 1.807) is 11.3 Å². The molecule has 3 nitrogen and oxygen atoms in total. The van der Waals surface area contributed by atoms with Gasteiger partial charge in [-0.05, 0) is 59.5 Å². The summed E-state index contributed by atoms with van der Waals surface area (Å²) in [5.41, 5.74) is 5.17. The van der Waals surface area contributed by atoms with Gasteiger partial charge in [0.15, 0.2) is 0 Å². The molecule has 1 heterocycles. The quantitative estimate of drug-likeness (QED) is 0.285. The molecule has 0 amide bonds.